The van der Waals surface area contributed by atoms with E-state index in [2.05, 4.69) is 5.32 Å². The molecule has 0 spiro atoms. The van der Waals surface area contributed by atoms with Gasteiger partial charge in [-0.2, -0.15) is 0 Å². The second-order valence-corrected chi connectivity index (χ2v) is 7.88. The largest absolute Gasteiger partial charge is 0.381 e. The summed E-state index contributed by atoms with van der Waals surface area (Å²) in [6.07, 6.45) is 7.64. The Hall–Kier alpha value is -0.770. The standard InChI is InChI=1S/C19H25Cl2NO2/c20-15-6-7-16(17(21)12-15)19(8-10-24-11-9-19)18(23)22-13-14-4-2-1-3-5-14/h6-7,12,14H,1-5,8-11,13H2,(H,22,23). The normalized spacial score (nSPS) is 21.4. The Labute approximate surface area is 154 Å². The molecule has 1 aliphatic heterocycles. The minimum absolute atomic E-state index is 0.0839. The lowest BCUT2D eigenvalue weighted by molar-refractivity contribution is -0.130. The molecule has 0 radical (unpaired) electrons. The van der Waals surface area contributed by atoms with Crippen LogP contribution < -0.4 is 5.32 Å². The van der Waals surface area contributed by atoms with Crippen molar-refractivity contribution < 1.29 is 9.53 Å². The van der Waals surface area contributed by atoms with Crippen molar-refractivity contribution in [3.63, 3.8) is 0 Å². The van der Waals surface area contributed by atoms with Crippen LogP contribution in [0.25, 0.3) is 0 Å². The van der Waals surface area contributed by atoms with Crippen molar-refractivity contribution in [2.24, 2.45) is 5.92 Å². The third kappa shape index (κ3) is 3.89. The van der Waals surface area contributed by atoms with Crippen molar-refractivity contribution in [3.05, 3.63) is 33.8 Å². The molecule has 2 fully saturated rings. The van der Waals surface area contributed by atoms with Crippen LogP contribution in [-0.2, 0) is 14.9 Å². The summed E-state index contributed by atoms with van der Waals surface area (Å²) in [6.45, 7) is 1.93. The zero-order chi connectivity index (χ0) is 17.0. The van der Waals surface area contributed by atoms with E-state index in [4.69, 9.17) is 27.9 Å². The Morgan fingerprint density at radius 3 is 2.54 bits per heavy atom. The number of ether oxygens (including phenoxy) is 1. The van der Waals surface area contributed by atoms with Gasteiger partial charge in [-0.15, -0.1) is 0 Å². The maximum atomic E-state index is 13.1. The van der Waals surface area contributed by atoms with Crippen molar-refractivity contribution in [1.29, 1.82) is 0 Å². The van der Waals surface area contributed by atoms with Gasteiger partial charge in [-0.25, -0.2) is 0 Å². The maximum Gasteiger partial charge on any atom is 0.230 e. The van der Waals surface area contributed by atoms with Gasteiger partial charge in [0, 0.05) is 29.8 Å². The van der Waals surface area contributed by atoms with Crippen LogP contribution in [0, 0.1) is 5.92 Å². The van der Waals surface area contributed by atoms with Crippen LogP contribution >= 0.6 is 23.2 Å². The van der Waals surface area contributed by atoms with E-state index in [9.17, 15) is 4.79 Å². The van der Waals surface area contributed by atoms with E-state index in [-0.39, 0.29) is 5.91 Å². The number of carbonyl (C=O) groups excluding carboxylic acids is 1. The second-order valence-electron chi connectivity index (χ2n) is 7.03. The fourth-order valence-corrected chi connectivity index (χ4v) is 4.60. The molecule has 1 aliphatic carbocycles. The van der Waals surface area contributed by atoms with Gasteiger partial charge in [0.15, 0.2) is 0 Å². The molecule has 0 unspecified atom stereocenters. The lowest BCUT2D eigenvalue weighted by atomic mass is 9.73. The number of rotatable bonds is 4. The first kappa shape index (κ1) is 18.0. The van der Waals surface area contributed by atoms with Gasteiger partial charge in [0.05, 0.1) is 5.41 Å². The molecule has 1 amide bonds. The highest BCUT2D eigenvalue weighted by Gasteiger charge is 2.43. The highest BCUT2D eigenvalue weighted by Crippen LogP contribution is 2.40. The molecule has 24 heavy (non-hydrogen) atoms. The van der Waals surface area contributed by atoms with Gasteiger partial charge < -0.3 is 10.1 Å². The lowest BCUT2D eigenvalue weighted by Gasteiger charge is -2.37. The predicted molar refractivity (Wildman–Crippen MR) is 97.8 cm³/mol. The first-order chi connectivity index (χ1) is 11.6. The highest BCUT2D eigenvalue weighted by molar-refractivity contribution is 6.35. The quantitative estimate of drug-likeness (QED) is 0.832. The van der Waals surface area contributed by atoms with Gasteiger partial charge in [0.25, 0.3) is 0 Å². The summed E-state index contributed by atoms with van der Waals surface area (Å²) in [5, 5.41) is 4.38. The SMILES string of the molecule is O=C(NCC1CCCCC1)C1(c2ccc(Cl)cc2Cl)CCOCC1. The molecule has 1 saturated heterocycles. The average molecular weight is 370 g/mol. The molecule has 1 N–H and O–H groups in total. The van der Waals surface area contributed by atoms with Gasteiger partial charge in [-0.1, -0.05) is 48.5 Å². The van der Waals surface area contributed by atoms with Gasteiger partial charge in [0.1, 0.15) is 0 Å². The third-order valence-corrected chi connectivity index (χ3v) is 6.05. The van der Waals surface area contributed by atoms with E-state index in [0.717, 1.165) is 12.1 Å². The molecule has 1 aromatic rings. The summed E-state index contributed by atoms with van der Waals surface area (Å²) in [6, 6.07) is 5.44. The number of hydrogen-bond acceptors (Lipinski definition) is 2. The van der Waals surface area contributed by atoms with E-state index in [1.165, 1.54) is 32.1 Å². The molecular formula is C19H25Cl2NO2. The summed E-state index contributed by atoms with van der Waals surface area (Å²) in [5.74, 6) is 0.695. The smallest absolute Gasteiger partial charge is 0.230 e. The van der Waals surface area contributed by atoms with Crippen molar-refractivity contribution >= 4 is 29.1 Å². The van der Waals surface area contributed by atoms with E-state index < -0.39 is 5.41 Å². The molecule has 3 nitrogen and oxygen atoms in total. The average Bonchev–Trinajstić information content (AvgIpc) is 2.61. The van der Waals surface area contributed by atoms with Crippen LogP contribution in [0.5, 0.6) is 0 Å². The van der Waals surface area contributed by atoms with E-state index in [1.54, 1.807) is 6.07 Å². The first-order valence-electron chi connectivity index (χ1n) is 8.93. The first-order valence-corrected chi connectivity index (χ1v) is 9.69. The van der Waals surface area contributed by atoms with Crippen LogP contribution in [0.2, 0.25) is 10.0 Å². The Kier molecular flexibility index (Phi) is 6.07. The number of amides is 1. The van der Waals surface area contributed by atoms with Crippen molar-refractivity contribution in [2.45, 2.75) is 50.4 Å². The molecule has 132 valence electrons. The fourth-order valence-electron chi connectivity index (χ4n) is 4.01. The topological polar surface area (TPSA) is 38.3 Å². The zero-order valence-corrected chi connectivity index (χ0v) is 15.5. The third-order valence-electron chi connectivity index (χ3n) is 5.50. The Morgan fingerprint density at radius 1 is 1.17 bits per heavy atom. The molecule has 3 rings (SSSR count). The van der Waals surface area contributed by atoms with Crippen LogP contribution in [0.1, 0.15) is 50.5 Å². The number of carbonyl (C=O) groups is 1. The molecule has 0 aromatic heterocycles. The van der Waals surface area contributed by atoms with Gasteiger partial charge in [-0.05, 0) is 49.3 Å². The monoisotopic (exact) mass is 369 g/mol. The van der Waals surface area contributed by atoms with Crippen LogP contribution in [0.15, 0.2) is 18.2 Å². The summed E-state index contributed by atoms with van der Waals surface area (Å²) in [5.41, 5.74) is 0.271. The maximum absolute atomic E-state index is 13.1. The van der Waals surface area contributed by atoms with Gasteiger partial charge in [0.2, 0.25) is 5.91 Å². The minimum Gasteiger partial charge on any atom is -0.381 e. The molecule has 1 saturated carbocycles. The number of nitrogens with one attached hydrogen (secondary N) is 1. The molecule has 1 heterocycles. The van der Waals surface area contributed by atoms with Crippen LogP contribution in [0.4, 0.5) is 0 Å². The van der Waals surface area contributed by atoms with Crippen LogP contribution in [-0.4, -0.2) is 25.7 Å². The van der Waals surface area contributed by atoms with Crippen molar-refractivity contribution in [3.8, 4) is 0 Å². The molecule has 5 heteroatoms. The Bertz CT molecular complexity index is 579. The number of halogens is 2. The van der Waals surface area contributed by atoms with Crippen molar-refractivity contribution in [2.75, 3.05) is 19.8 Å². The lowest BCUT2D eigenvalue weighted by Crippen LogP contribution is -2.49. The summed E-state index contributed by atoms with van der Waals surface area (Å²) < 4.78 is 5.51. The van der Waals surface area contributed by atoms with E-state index in [1.807, 2.05) is 12.1 Å². The number of hydrogen-bond donors (Lipinski definition) is 1. The van der Waals surface area contributed by atoms with Crippen LogP contribution in [0.3, 0.4) is 0 Å². The summed E-state index contributed by atoms with van der Waals surface area (Å²) in [4.78, 5) is 13.1. The number of benzene rings is 1. The second kappa shape index (κ2) is 8.07. The van der Waals surface area contributed by atoms with E-state index >= 15 is 0 Å². The Morgan fingerprint density at radius 2 is 1.88 bits per heavy atom. The summed E-state index contributed by atoms with van der Waals surface area (Å²) >= 11 is 12.5. The minimum atomic E-state index is -0.603. The molecule has 2 aliphatic rings. The van der Waals surface area contributed by atoms with E-state index in [0.29, 0.717) is 42.0 Å². The highest BCUT2D eigenvalue weighted by atomic mass is 35.5. The van der Waals surface area contributed by atoms with Gasteiger partial charge >= 0.3 is 0 Å². The van der Waals surface area contributed by atoms with Crippen molar-refractivity contribution in [1.82, 2.24) is 5.32 Å². The molecule has 0 atom stereocenters. The molecule has 0 bridgehead atoms. The molecule has 1 aromatic carbocycles. The van der Waals surface area contributed by atoms with Gasteiger partial charge in [-0.3, -0.25) is 4.79 Å². The Balaban J connectivity index is 1.78. The molecular weight excluding hydrogens is 345 g/mol. The summed E-state index contributed by atoms with van der Waals surface area (Å²) in [7, 11) is 0. The fraction of sp³-hybridized carbons (Fsp3) is 0.632. The predicted octanol–water partition coefficient (Wildman–Crippen LogP) is 4.74. The zero-order valence-electron chi connectivity index (χ0n) is 14.0.